The van der Waals surface area contributed by atoms with E-state index in [4.69, 9.17) is 0 Å². The molecule has 152 valence electrons. The summed E-state index contributed by atoms with van der Waals surface area (Å²) < 4.78 is 0. The van der Waals surface area contributed by atoms with E-state index in [9.17, 15) is 4.79 Å². The van der Waals surface area contributed by atoms with Crippen molar-refractivity contribution in [3.8, 4) is 0 Å². The molecule has 0 radical (unpaired) electrons. The molecular formula is C24H36NOSiZr-. The minimum absolute atomic E-state index is 0. The Bertz CT molecular complexity index is 786. The minimum atomic E-state index is -2.14. The molecule has 4 heteroatoms. The molecule has 0 heterocycles. The fourth-order valence-electron chi connectivity index (χ4n) is 3.85. The molecule has 0 unspecified atom stereocenters. The molecule has 0 aliphatic rings. The van der Waals surface area contributed by atoms with E-state index in [1.54, 1.807) is 0 Å². The van der Waals surface area contributed by atoms with E-state index in [0.29, 0.717) is 11.8 Å². The van der Waals surface area contributed by atoms with Crippen molar-refractivity contribution < 1.29 is 31.0 Å². The van der Waals surface area contributed by atoms with Crippen molar-refractivity contribution in [3.63, 3.8) is 0 Å². The van der Waals surface area contributed by atoms with Crippen LogP contribution in [0.1, 0.15) is 87.4 Å². The van der Waals surface area contributed by atoms with Crippen LogP contribution < -0.4 is 10.2 Å². The van der Waals surface area contributed by atoms with Crippen LogP contribution >= 0.6 is 0 Å². The maximum absolute atomic E-state index is 13.5. The van der Waals surface area contributed by atoms with Crippen LogP contribution in [0.25, 0.3) is 0 Å². The van der Waals surface area contributed by atoms with Gasteiger partial charge in [-0.25, -0.2) is 12.1 Å². The van der Waals surface area contributed by atoms with Crippen molar-refractivity contribution in [1.29, 1.82) is 0 Å². The third-order valence-electron chi connectivity index (χ3n) is 5.32. The van der Waals surface area contributed by atoms with E-state index in [2.05, 4.69) is 103 Å². The first-order valence-electron chi connectivity index (χ1n) is 10.1. The van der Waals surface area contributed by atoms with Gasteiger partial charge in [-0.15, -0.1) is 0 Å². The molecule has 0 aliphatic carbocycles. The van der Waals surface area contributed by atoms with Gasteiger partial charge in [0.05, 0.1) is 0 Å². The number of hydrogen-bond donors (Lipinski definition) is 1. The number of amides is 1. The number of hydrogen-bond acceptors (Lipinski definition) is 1. The summed E-state index contributed by atoms with van der Waals surface area (Å²) in [6.45, 7) is 19.8. The van der Waals surface area contributed by atoms with Crippen LogP contribution in [0.4, 0.5) is 0 Å². The number of benzene rings is 1. The van der Waals surface area contributed by atoms with Gasteiger partial charge in [-0.2, -0.15) is 16.8 Å². The van der Waals surface area contributed by atoms with Crippen molar-refractivity contribution in [1.82, 2.24) is 4.98 Å². The molecular weight excluding hydrogens is 438 g/mol. The van der Waals surface area contributed by atoms with Crippen LogP contribution in [0.15, 0.2) is 36.4 Å². The summed E-state index contributed by atoms with van der Waals surface area (Å²) in [5.74, 6) is 0.720. The van der Waals surface area contributed by atoms with Crippen LogP contribution in [0, 0.1) is 0 Å². The third-order valence-corrected chi connectivity index (χ3v) is 7.96. The summed E-state index contributed by atoms with van der Waals surface area (Å²) in [4.78, 5) is 17.0. The van der Waals surface area contributed by atoms with Gasteiger partial charge in [0.2, 0.25) is 5.91 Å². The fourth-order valence-corrected chi connectivity index (χ4v) is 6.32. The molecule has 0 fully saturated rings. The van der Waals surface area contributed by atoms with Gasteiger partial charge in [0.1, 0.15) is 0 Å². The van der Waals surface area contributed by atoms with E-state index in [1.807, 2.05) is 0 Å². The van der Waals surface area contributed by atoms with Crippen molar-refractivity contribution in [2.75, 3.05) is 0 Å². The topological polar surface area (TPSA) is 29.1 Å². The molecule has 2 rings (SSSR count). The largest absolute Gasteiger partial charge is 0.376 e. The van der Waals surface area contributed by atoms with Gasteiger partial charge >= 0.3 is 0 Å². The predicted molar refractivity (Wildman–Crippen MR) is 120 cm³/mol. The second-order valence-electron chi connectivity index (χ2n) is 9.80. The van der Waals surface area contributed by atoms with Gasteiger partial charge in [0.15, 0.2) is 8.24 Å². The van der Waals surface area contributed by atoms with Crippen LogP contribution in [0.5, 0.6) is 0 Å². The first-order valence-corrected chi connectivity index (χ1v) is 13.1. The average molecular weight is 474 g/mol. The molecule has 0 aliphatic heterocycles. The summed E-state index contributed by atoms with van der Waals surface area (Å²) in [7, 11) is -2.14. The normalized spacial score (nSPS) is 12.2. The molecule has 0 saturated carbocycles. The molecule has 1 amide bonds. The quantitative estimate of drug-likeness (QED) is 0.432. The zero-order valence-electron chi connectivity index (χ0n) is 19.0. The molecule has 2 nitrogen and oxygen atoms in total. The zero-order chi connectivity index (χ0) is 20.6. The van der Waals surface area contributed by atoms with E-state index >= 15 is 0 Å². The second kappa shape index (κ2) is 9.30. The Hall–Kier alpha value is -0.860. The third kappa shape index (κ3) is 5.39. The van der Waals surface area contributed by atoms with Gasteiger partial charge in [-0.3, -0.25) is 4.79 Å². The van der Waals surface area contributed by atoms with Crippen molar-refractivity contribution in [2.45, 2.75) is 78.8 Å². The Morgan fingerprint density at radius 3 is 1.89 bits per heavy atom. The maximum Gasteiger partial charge on any atom is 0.244 e. The molecule has 0 saturated heterocycles. The summed E-state index contributed by atoms with van der Waals surface area (Å²) in [6.07, 6.45) is 0. The Balaban J connectivity index is 0.00000392. The number of carbonyl (C=O) groups is 1. The van der Waals surface area contributed by atoms with E-state index < -0.39 is 8.24 Å². The molecule has 0 spiro atoms. The Kier molecular flexibility index (Phi) is 8.37. The van der Waals surface area contributed by atoms with Crippen molar-refractivity contribution >= 4 is 19.3 Å². The summed E-state index contributed by atoms with van der Waals surface area (Å²) in [6, 6.07) is 12.8. The van der Waals surface area contributed by atoms with Gasteiger partial charge in [-0.05, 0) is 36.1 Å². The Morgan fingerprint density at radius 2 is 1.46 bits per heavy atom. The molecule has 28 heavy (non-hydrogen) atoms. The summed E-state index contributed by atoms with van der Waals surface area (Å²) in [5.41, 5.74) is 4.59. The second-order valence-corrected chi connectivity index (χ2v) is 13.8. The number of nitrogens with one attached hydrogen (secondary N) is 1. The number of rotatable bonds is 5. The molecule has 2 aromatic rings. The minimum Gasteiger partial charge on any atom is -0.376 e. The van der Waals surface area contributed by atoms with E-state index in [1.165, 1.54) is 10.8 Å². The van der Waals surface area contributed by atoms with Crippen molar-refractivity contribution in [2.24, 2.45) is 0 Å². The summed E-state index contributed by atoms with van der Waals surface area (Å²) >= 11 is 0. The Morgan fingerprint density at radius 1 is 0.964 bits per heavy atom. The van der Waals surface area contributed by atoms with Crippen LogP contribution in [-0.4, -0.2) is 14.1 Å². The van der Waals surface area contributed by atoms with E-state index in [-0.39, 0.29) is 37.5 Å². The Labute approximate surface area is 192 Å². The van der Waals surface area contributed by atoms with Crippen LogP contribution in [-0.2, 0) is 31.6 Å². The van der Waals surface area contributed by atoms with Crippen molar-refractivity contribution in [3.05, 3.63) is 58.7 Å². The standard InChI is InChI=1S/C24H36NOSi.Zr/c1-16(2)18-12-10-13-19(17(3)4)22(18)23(26)25-27(8,9)21-15-11-14-20(21)24(5,6)7;/h10-17H,1-9H3,(H,25,26);/q-1;. The maximum atomic E-state index is 13.5. The van der Waals surface area contributed by atoms with Crippen LogP contribution in [0.2, 0.25) is 13.1 Å². The van der Waals surface area contributed by atoms with Crippen LogP contribution in [0.3, 0.4) is 0 Å². The molecule has 2 aromatic carbocycles. The molecule has 0 bridgehead atoms. The first-order chi connectivity index (χ1) is 12.4. The van der Waals surface area contributed by atoms with Gasteiger partial charge in [-0.1, -0.05) is 72.1 Å². The van der Waals surface area contributed by atoms with Gasteiger partial charge < -0.3 is 4.98 Å². The molecule has 0 aromatic heterocycles. The predicted octanol–water partition coefficient (Wildman–Crippen LogP) is 5.79. The number of carbonyl (C=O) groups excluding carboxylic acids is 1. The monoisotopic (exact) mass is 472 g/mol. The van der Waals surface area contributed by atoms with Gasteiger partial charge in [0, 0.05) is 31.8 Å². The van der Waals surface area contributed by atoms with E-state index in [0.717, 1.165) is 16.7 Å². The summed E-state index contributed by atoms with van der Waals surface area (Å²) in [5, 5.41) is 1.33. The first kappa shape index (κ1) is 25.2. The molecule has 1 N–H and O–H groups in total. The zero-order valence-corrected chi connectivity index (χ0v) is 22.5. The average Bonchev–Trinajstić information content (AvgIpc) is 3.04. The molecule has 0 atom stereocenters. The smallest absolute Gasteiger partial charge is 0.244 e. The van der Waals surface area contributed by atoms with Gasteiger partial charge in [0.25, 0.3) is 0 Å². The fraction of sp³-hybridized carbons (Fsp3) is 0.500. The SMILES string of the molecule is CC(C)c1cccc(C(C)C)c1C(=O)N[Si](C)(C)c1ccc[c-]1C(C)(C)C.[Zr].